The van der Waals surface area contributed by atoms with Crippen molar-refractivity contribution in [2.75, 3.05) is 17.2 Å². The Kier molecular flexibility index (Phi) is 3.62. The molecule has 0 saturated heterocycles. The predicted octanol–water partition coefficient (Wildman–Crippen LogP) is 3.39. The topological polar surface area (TPSA) is 59.0 Å². The third-order valence-electron chi connectivity index (χ3n) is 3.53. The van der Waals surface area contributed by atoms with Crippen LogP contribution in [-0.2, 0) is 9.92 Å². The van der Waals surface area contributed by atoms with E-state index in [1.165, 1.54) is 4.31 Å². The van der Waals surface area contributed by atoms with Crippen LogP contribution in [0.4, 0.5) is 11.4 Å². The monoisotopic (exact) mass is 316 g/mol. The minimum absolute atomic E-state index is 0.263. The van der Waals surface area contributed by atoms with Gasteiger partial charge in [-0.05, 0) is 36.4 Å². The molecule has 1 heterocycles. The lowest BCUT2D eigenvalue weighted by molar-refractivity contribution is 0.101. The standard InChI is InChI=1S/C16H16N2O3S/c1-3-22(20)17-15-7-5-4-6-14(15)16(19)18(22)12-8-10-13(21-2)11-9-12/h4-11H,3H2,1-2H3. The van der Waals surface area contributed by atoms with E-state index < -0.39 is 9.92 Å². The molecule has 2 aromatic rings. The van der Waals surface area contributed by atoms with Gasteiger partial charge in [0.2, 0.25) is 0 Å². The molecule has 0 fully saturated rings. The maximum Gasteiger partial charge on any atom is 0.273 e. The van der Waals surface area contributed by atoms with Crippen LogP contribution in [0.1, 0.15) is 17.3 Å². The van der Waals surface area contributed by atoms with Gasteiger partial charge in [0.05, 0.1) is 24.0 Å². The molecule has 0 spiro atoms. The Labute approximate surface area is 129 Å². The first-order valence-corrected chi connectivity index (χ1v) is 8.55. The number of fused-ring (bicyclic) bond motifs is 1. The number of ether oxygens (including phenoxy) is 1. The number of rotatable bonds is 3. The number of methoxy groups -OCH3 is 1. The van der Waals surface area contributed by atoms with Crippen molar-refractivity contribution in [3.63, 3.8) is 0 Å². The summed E-state index contributed by atoms with van der Waals surface area (Å²) in [6.45, 7) is 1.77. The van der Waals surface area contributed by atoms with Gasteiger partial charge >= 0.3 is 0 Å². The Bertz CT molecular complexity index is 837. The molecule has 1 unspecified atom stereocenters. The Morgan fingerprint density at radius 1 is 1.14 bits per heavy atom. The molecule has 0 N–H and O–H groups in total. The van der Waals surface area contributed by atoms with E-state index in [4.69, 9.17) is 4.74 Å². The molecule has 1 atom stereocenters. The molecule has 2 aromatic carbocycles. The number of carbonyl (C=O) groups is 1. The number of hydrogen-bond acceptors (Lipinski definition) is 4. The maximum absolute atomic E-state index is 13.1. The minimum Gasteiger partial charge on any atom is -0.497 e. The highest BCUT2D eigenvalue weighted by Gasteiger charge is 2.33. The van der Waals surface area contributed by atoms with E-state index in [0.717, 1.165) is 0 Å². The van der Waals surface area contributed by atoms with E-state index >= 15 is 0 Å². The van der Waals surface area contributed by atoms with Gasteiger partial charge in [-0.15, -0.1) is 0 Å². The van der Waals surface area contributed by atoms with Gasteiger partial charge in [-0.2, -0.15) is 4.36 Å². The van der Waals surface area contributed by atoms with Crippen LogP contribution in [0.3, 0.4) is 0 Å². The first-order valence-electron chi connectivity index (χ1n) is 6.91. The van der Waals surface area contributed by atoms with Crippen LogP contribution in [0.15, 0.2) is 52.9 Å². The van der Waals surface area contributed by atoms with Gasteiger partial charge in [-0.1, -0.05) is 19.1 Å². The average molecular weight is 316 g/mol. The lowest BCUT2D eigenvalue weighted by atomic mass is 10.1. The van der Waals surface area contributed by atoms with Gasteiger partial charge < -0.3 is 4.74 Å². The molecule has 5 nitrogen and oxygen atoms in total. The molecule has 1 aliphatic rings. The van der Waals surface area contributed by atoms with Crippen molar-refractivity contribution >= 4 is 27.2 Å². The van der Waals surface area contributed by atoms with Gasteiger partial charge in [0.15, 0.2) is 0 Å². The number of benzene rings is 2. The second kappa shape index (κ2) is 5.46. The second-order valence-corrected chi connectivity index (χ2v) is 7.14. The van der Waals surface area contributed by atoms with Crippen LogP contribution < -0.4 is 9.04 Å². The second-order valence-electron chi connectivity index (χ2n) is 4.80. The zero-order valence-electron chi connectivity index (χ0n) is 12.4. The highest BCUT2D eigenvalue weighted by molar-refractivity contribution is 7.96. The molecular weight excluding hydrogens is 300 g/mol. The van der Waals surface area contributed by atoms with E-state index in [2.05, 4.69) is 4.36 Å². The van der Waals surface area contributed by atoms with Gasteiger partial charge in [0.25, 0.3) is 5.91 Å². The molecule has 1 amide bonds. The highest BCUT2D eigenvalue weighted by atomic mass is 32.2. The number of nitrogens with zero attached hydrogens (tertiary/aromatic N) is 2. The number of hydrogen-bond donors (Lipinski definition) is 0. The third kappa shape index (κ3) is 2.25. The molecule has 0 aromatic heterocycles. The van der Waals surface area contributed by atoms with Gasteiger partial charge in [0.1, 0.15) is 15.7 Å². The van der Waals surface area contributed by atoms with Crippen LogP contribution in [0.25, 0.3) is 0 Å². The molecular formula is C16H16N2O3S. The fraction of sp³-hybridized carbons (Fsp3) is 0.188. The molecule has 1 aliphatic heterocycles. The maximum atomic E-state index is 13.1. The lowest BCUT2D eigenvalue weighted by Gasteiger charge is -2.29. The van der Waals surface area contributed by atoms with E-state index in [-0.39, 0.29) is 11.7 Å². The van der Waals surface area contributed by atoms with Crippen molar-refractivity contribution < 1.29 is 13.7 Å². The van der Waals surface area contributed by atoms with E-state index in [1.54, 1.807) is 62.6 Å². The number of anilines is 1. The zero-order valence-corrected chi connectivity index (χ0v) is 13.2. The first-order chi connectivity index (χ1) is 10.6. The van der Waals surface area contributed by atoms with Crippen molar-refractivity contribution in [3.05, 3.63) is 54.1 Å². The van der Waals surface area contributed by atoms with Gasteiger partial charge in [-0.3, -0.25) is 4.79 Å². The van der Waals surface area contributed by atoms with Gasteiger partial charge in [0, 0.05) is 5.75 Å². The van der Waals surface area contributed by atoms with E-state index in [1.807, 2.05) is 0 Å². The average Bonchev–Trinajstić information content (AvgIpc) is 2.55. The van der Waals surface area contributed by atoms with Crippen LogP contribution in [0.5, 0.6) is 5.75 Å². The Morgan fingerprint density at radius 2 is 1.82 bits per heavy atom. The molecule has 0 radical (unpaired) electrons. The van der Waals surface area contributed by atoms with Crippen LogP contribution >= 0.6 is 0 Å². The summed E-state index contributed by atoms with van der Waals surface area (Å²) in [5.74, 6) is 0.648. The van der Waals surface area contributed by atoms with Crippen LogP contribution in [0.2, 0.25) is 0 Å². The largest absolute Gasteiger partial charge is 0.497 e. The van der Waals surface area contributed by atoms with Crippen molar-refractivity contribution in [1.82, 2.24) is 0 Å². The Hall–Kier alpha value is -2.34. The molecule has 0 saturated carbocycles. The van der Waals surface area contributed by atoms with E-state index in [9.17, 15) is 9.00 Å². The minimum atomic E-state index is -2.84. The first kappa shape index (κ1) is 14.6. The Morgan fingerprint density at radius 3 is 2.45 bits per heavy atom. The molecule has 3 rings (SSSR count). The number of amides is 1. The summed E-state index contributed by atoms with van der Waals surface area (Å²) in [6, 6.07) is 13.9. The fourth-order valence-electron chi connectivity index (χ4n) is 2.36. The lowest BCUT2D eigenvalue weighted by Crippen LogP contribution is -2.40. The van der Waals surface area contributed by atoms with Crippen LogP contribution in [-0.4, -0.2) is 23.0 Å². The summed E-state index contributed by atoms with van der Waals surface area (Å²) in [5, 5.41) is 0. The predicted molar refractivity (Wildman–Crippen MR) is 87.0 cm³/mol. The van der Waals surface area contributed by atoms with Crippen molar-refractivity contribution in [2.45, 2.75) is 6.92 Å². The summed E-state index contributed by atoms with van der Waals surface area (Å²) in [5.41, 5.74) is 1.51. The summed E-state index contributed by atoms with van der Waals surface area (Å²) < 4.78 is 23.9. The quantitative estimate of drug-likeness (QED) is 0.872. The third-order valence-corrected chi connectivity index (χ3v) is 5.71. The van der Waals surface area contributed by atoms with Crippen molar-refractivity contribution in [2.24, 2.45) is 4.36 Å². The van der Waals surface area contributed by atoms with Crippen LogP contribution in [0, 0.1) is 0 Å². The normalized spacial score (nSPS) is 20.3. The summed E-state index contributed by atoms with van der Waals surface area (Å²) in [7, 11) is -1.26. The van der Waals surface area contributed by atoms with Crippen molar-refractivity contribution in [1.29, 1.82) is 0 Å². The smallest absolute Gasteiger partial charge is 0.273 e. The van der Waals surface area contributed by atoms with E-state index in [0.29, 0.717) is 22.7 Å². The number of carbonyl (C=O) groups excluding carboxylic acids is 1. The Balaban J connectivity index is 2.18. The molecule has 22 heavy (non-hydrogen) atoms. The SMILES string of the molecule is CCS1(=O)=Nc2ccccc2C(=O)N1c1ccc(OC)cc1. The highest BCUT2D eigenvalue weighted by Crippen LogP contribution is 2.34. The summed E-state index contributed by atoms with van der Waals surface area (Å²) in [4.78, 5) is 12.8. The summed E-state index contributed by atoms with van der Waals surface area (Å²) in [6.07, 6.45) is 0. The molecule has 0 aliphatic carbocycles. The fourth-order valence-corrected chi connectivity index (χ4v) is 4.10. The molecule has 6 heteroatoms. The zero-order chi connectivity index (χ0) is 15.7. The molecule has 114 valence electrons. The van der Waals surface area contributed by atoms with Gasteiger partial charge in [-0.25, -0.2) is 8.51 Å². The summed E-state index contributed by atoms with van der Waals surface area (Å²) >= 11 is 0. The molecule has 0 bridgehead atoms. The van der Waals surface area contributed by atoms with Crippen molar-refractivity contribution in [3.8, 4) is 5.75 Å².